The van der Waals surface area contributed by atoms with Crippen LogP contribution in [0.3, 0.4) is 0 Å². The van der Waals surface area contributed by atoms with Gasteiger partial charge in [-0.1, -0.05) is 18.2 Å². The molecule has 0 fully saturated rings. The number of ether oxygens (including phenoxy) is 1. The molecule has 0 spiro atoms. The van der Waals surface area contributed by atoms with E-state index in [2.05, 4.69) is 11.1 Å². The SMILES string of the molecule is CCOc1cccc(/C=C(/C#N)c2nc(-c3cccs3)cs2)c1. The summed E-state index contributed by atoms with van der Waals surface area (Å²) < 4.78 is 5.50. The Labute approximate surface area is 143 Å². The summed E-state index contributed by atoms with van der Waals surface area (Å²) >= 11 is 3.13. The van der Waals surface area contributed by atoms with Gasteiger partial charge in [0, 0.05) is 5.38 Å². The van der Waals surface area contributed by atoms with E-state index in [4.69, 9.17) is 4.74 Å². The Kier molecular flexibility index (Phi) is 4.86. The minimum Gasteiger partial charge on any atom is -0.494 e. The molecule has 3 aromatic rings. The fourth-order valence-electron chi connectivity index (χ4n) is 2.10. The van der Waals surface area contributed by atoms with Crippen LogP contribution in [0, 0.1) is 11.3 Å². The van der Waals surface area contributed by atoms with Crippen molar-refractivity contribution in [3.8, 4) is 22.4 Å². The summed E-state index contributed by atoms with van der Waals surface area (Å²) in [5.41, 5.74) is 2.41. The van der Waals surface area contributed by atoms with E-state index in [1.165, 1.54) is 11.3 Å². The molecule has 0 atom stereocenters. The lowest BCUT2D eigenvalue weighted by Crippen LogP contribution is -1.91. The summed E-state index contributed by atoms with van der Waals surface area (Å²) in [5.74, 6) is 0.803. The van der Waals surface area contributed by atoms with E-state index in [-0.39, 0.29) is 0 Å². The van der Waals surface area contributed by atoms with Gasteiger partial charge >= 0.3 is 0 Å². The topological polar surface area (TPSA) is 45.9 Å². The van der Waals surface area contributed by atoms with Crippen molar-refractivity contribution in [2.24, 2.45) is 0 Å². The molecule has 3 rings (SSSR count). The second-order valence-electron chi connectivity index (χ2n) is 4.69. The monoisotopic (exact) mass is 338 g/mol. The van der Waals surface area contributed by atoms with Crippen LogP contribution in [0.5, 0.6) is 5.75 Å². The minimum atomic E-state index is 0.562. The van der Waals surface area contributed by atoms with E-state index >= 15 is 0 Å². The van der Waals surface area contributed by atoms with E-state index in [0.717, 1.165) is 26.9 Å². The van der Waals surface area contributed by atoms with Gasteiger partial charge in [0.25, 0.3) is 0 Å². The van der Waals surface area contributed by atoms with Crippen LogP contribution in [-0.2, 0) is 0 Å². The van der Waals surface area contributed by atoms with Crippen molar-refractivity contribution in [2.75, 3.05) is 6.61 Å². The first kappa shape index (κ1) is 15.5. The number of nitriles is 1. The molecule has 0 aliphatic carbocycles. The van der Waals surface area contributed by atoms with Gasteiger partial charge < -0.3 is 4.74 Å². The molecule has 114 valence electrons. The Morgan fingerprint density at radius 1 is 1.30 bits per heavy atom. The number of hydrogen-bond donors (Lipinski definition) is 0. The Morgan fingerprint density at radius 2 is 2.22 bits per heavy atom. The van der Waals surface area contributed by atoms with Crippen LogP contribution in [0.4, 0.5) is 0 Å². The van der Waals surface area contributed by atoms with Gasteiger partial charge in [0.2, 0.25) is 0 Å². The number of aromatic nitrogens is 1. The second-order valence-corrected chi connectivity index (χ2v) is 6.50. The van der Waals surface area contributed by atoms with Crippen molar-refractivity contribution in [2.45, 2.75) is 6.92 Å². The molecule has 1 aromatic carbocycles. The largest absolute Gasteiger partial charge is 0.494 e. The van der Waals surface area contributed by atoms with Crippen LogP contribution in [0.2, 0.25) is 0 Å². The Bertz CT molecular complexity index is 857. The fourth-order valence-corrected chi connectivity index (χ4v) is 3.65. The first-order valence-corrected chi connectivity index (χ1v) is 8.90. The van der Waals surface area contributed by atoms with E-state index in [1.807, 2.05) is 60.2 Å². The van der Waals surface area contributed by atoms with Crippen molar-refractivity contribution in [3.63, 3.8) is 0 Å². The quantitative estimate of drug-likeness (QED) is 0.590. The molecular formula is C18H14N2OS2. The third-order valence-corrected chi connectivity index (χ3v) is 4.88. The molecule has 0 radical (unpaired) electrons. The lowest BCUT2D eigenvalue weighted by molar-refractivity contribution is 0.340. The molecule has 0 unspecified atom stereocenters. The third-order valence-electron chi connectivity index (χ3n) is 3.11. The number of allylic oxidation sites excluding steroid dienone is 1. The number of hydrogen-bond acceptors (Lipinski definition) is 5. The highest BCUT2D eigenvalue weighted by atomic mass is 32.1. The summed E-state index contributed by atoms with van der Waals surface area (Å²) in [5, 5.41) is 14.2. The van der Waals surface area contributed by atoms with Gasteiger partial charge in [-0.05, 0) is 42.1 Å². The van der Waals surface area contributed by atoms with Crippen LogP contribution >= 0.6 is 22.7 Å². The van der Waals surface area contributed by atoms with Gasteiger partial charge in [-0.3, -0.25) is 0 Å². The van der Waals surface area contributed by atoms with Crippen LogP contribution in [0.25, 0.3) is 22.2 Å². The fraction of sp³-hybridized carbons (Fsp3) is 0.111. The van der Waals surface area contributed by atoms with Gasteiger partial charge in [-0.25, -0.2) is 4.98 Å². The molecule has 0 aliphatic rings. The van der Waals surface area contributed by atoms with Crippen molar-refractivity contribution >= 4 is 34.3 Å². The average Bonchev–Trinajstić information content (AvgIpc) is 3.24. The highest BCUT2D eigenvalue weighted by Crippen LogP contribution is 2.30. The Balaban J connectivity index is 1.91. The van der Waals surface area contributed by atoms with Crippen LogP contribution in [0.1, 0.15) is 17.5 Å². The summed E-state index contributed by atoms with van der Waals surface area (Å²) in [6, 6.07) is 14.0. The number of rotatable bonds is 5. The van der Waals surface area contributed by atoms with E-state index in [9.17, 15) is 5.26 Å². The minimum absolute atomic E-state index is 0.562. The Morgan fingerprint density at radius 3 is 2.96 bits per heavy atom. The maximum atomic E-state index is 9.47. The van der Waals surface area contributed by atoms with Crippen molar-refractivity contribution < 1.29 is 4.74 Å². The number of thiazole rings is 1. The second kappa shape index (κ2) is 7.23. The first-order valence-electron chi connectivity index (χ1n) is 7.14. The number of benzene rings is 1. The predicted octanol–water partition coefficient (Wildman–Crippen LogP) is 5.33. The molecular weight excluding hydrogens is 324 g/mol. The standard InChI is InChI=1S/C18H14N2OS2/c1-2-21-15-6-3-5-13(10-15)9-14(11-19)18-20-16(12-23-18)17-7-4-8-22-17/h3-10,12H,2H2,1H3/b14-9-. The molecule has 0 aliphatic heterocycles. The number of nitrogens with zero attached hydrogens (tertiary/aromatic N) is 2. The molecule has 5 heteroatoms. The molecule has 23 heavy (non-hydrogen) atoms. The van der Waals surface area contributed by atoms with Crippen molar-refractivity contribution in [1.82, 2.24) is 4.98 Å². The van der Waals surface area contributed by atoms with Gasteiger partial charge in [-0.15, -0.1) is 22.7 Å². The van der Waals surface area contributed by atoms with Crippen molar-refractivity contribution in [3.05, 3.63) is 57.7 Å². The van der Waals surface area contributed by atoms with E-state index < -0.39 is 0 Å². The summed E-state index contributed by atoms with van der Waals surface area (Å²) in [6.45, 7) is 2.57. The molecule has 0 saturated carbocycles. The molecule has 0 bridgehead atoms. The predicted molar refractivity (Wildman–Crippen MR) is 96.5 cm³/mol. The van der Waals surface area contributed by atoms with Gasteiger partial charge in [0.05, 0.1) is 22.8 Å². The molecule has 0 N–H and O–H groups in total. The lowest BCUT2D eigenvalue weighted by atomic mass is 10.1. The summed E-state index contributed by atoms with van der Waals surface area (Å²) in [7, 11) is 0. The maximum absolute atomic E-state index is 9.47. The van der Waals surface area contributed by atoms with Crippen molar-refractivity contribution in [1.29, 1.82) is 5.26 Å². The van der Waals surface area contributed by atoms with Gasteiger partial charge in [-0.2, -0.15) is 5.26 Å². The van der Waals surface area contributed by atoms with E-state index in [1.54, 1.807) is 11.3 Å². The normalized spacial score (nSPS) is 11.2. The zero-order valence-electron chi connectivity index (χ0n) is 12.5. The highest BCUT2D eigenvalue weighted by molar-refractivity contribution is 7.14. The lowest BCUT2D eigenvalue weighted by Gasteiger charge is -2.03. The molecule has 3 nitrogen and oxygen atoms in total. The van der Waals surface area contributed by atoms with Crippen LogP contribution in [0.15, 0.2) is 47.2 Å². The first-order chi connectivity index (χ1) is 11.3. The van der Waals surface area contributed by atoms with Gasteiger partial charge in [0.15, 0.2) is 0 Å². The Hall–Kier alpha value is -2.42. The smallest absolute Gasteiger partial charge is 0.134 e. The van der Waals surface area contributed by atoms with Crippen LogP contribution < -0.4 is 4.74 Å². The summed E-state index contributed by atoms with van der Waals surface area (Å²) in [6.07, 6.45) is 1.85. The third kappa shape index (κ3) is 3.67. The summed E-state index contributed by atoms with van der Waals surface area (Å²) in [4.78, 5) is 5.70. The van der Waals surface area contributed by atoms with Gasteiger partial charge in [0.1, 0.15) is 16.8 Å². The average molecular weight is 338 g/mol. The molecule has 0 saturated heterocycles. The molecule has 2 aromatic heterocycles. The maximum Gasteiger partial charge on any atom is 0.134 e. The molecule has 2 heterocycles. The zero-order valence-corrected chi connectivity index (χ0v) is 14.2. The molecule has 0 amide bonds. The number of thiophene rings is 1. The highest BCUT2D eigenvalue weighted by Gasteiger charge is 2.09. The zero-order chi connectivity index (χ0) is 16.1. The van der Waals surface area contributed by atoms with Crippen LogP contribution in [-0.4, -0.2) is 11.6 Å². The van der Waals surface area contributed by atoms with E-state index in [0.29, 0.717) is 12.2 Å².